The van der Waals surface area contributed by atoms with Crippen LogP contribution in [0.3, 0.4) is 0 Å². The Hall–Kier alpha value is -3.44. The van der Waals surface area contributed by atoms with Gasteiger partial charge in [0, 0.05) is 12.2 Å². The van der Waals surface area contributed by atoms with Gasteiger partial charge in [-0.05, 0) is 73.3 Å². The minimum Gasteiger partial charge on any atom is -0.497 e. The molecule has 1 heterocycles. The maximum atomic E-state index is 12.9. The molecular formula is C25H25N3O2. The molecule has 1 unspecified atom stereocenters. The van der Waals surface area contributed by atoms with Crippen LogP contribution in [0.15, 0.2) is 77.8 Å². The van der Waals surface area contributed by atoms with Crippen LogP contribution in [-0.2, 0) is 11.3 Å². The summed E-state index contributed by atoms with van der Waals surface area (Å²) in [5.74, 6) is 0.244. The Morgan fingerprint density at radius 1 is 1.00 bits per heavy atom. The Bertz CT molecular complexity index is 1070. The molecule has 152 valence electrons. The molecule has 0 radical (unpaired) electrons. The van der Waals surface area contributed by atoms with Crippen LogP contribution in [0, 0.1) is 0 Å². The van der Waals surface area contributed by atoms with E-state index in [-0.39, 0.29) is 5.91 Å². The van der Waals surface area contributed by atoms with Gasteiger partial charge in [0.15, 0.2) is 0 Å². The van der Waals surface area contributed by atoms with Gasteiger partial charge in [0.25, 0.3) is 0 Å². The molecule has 1 N–H and O–H groups in total. The summed E-state index contributed by atoms with van der Waals surface area (Å²) in [6.45, 7) is 0.869. The molecule has 5 nitrogen and oxygen atoms in total. The van der Waals surface area contributed by atoms with Crippen molar-refractivity contribution in [3.8, 4) is 5.75 Å². The van der Waals surface area contributed by atoms with Crippen molar-refractivity contribution in [1.29, 1.82) is 0 Å². The molecule has 0 fully saturated rings. The van der Waals surface area contributed by atoms with E-state index in [2.05, 4.69) is 22.3 Å². The molecule has 0 spiro atoms. The zero-order valence-electron chi connectivity index (χ0n) is 17.4. The maximum Gasteiger partial charge on any atom is 0.238 e. The predicted octanol–water partition coefficient (Wildman–Crippen LogP) is 4.61. The van der Waals surface area contributed by atoms with Gasteiger partial charge in [-0.25, -0.2) is 0 Å². The second-order valence-corrected chi connectivity index (χ2v) is 7.64. The standard InChI is InChI=1S/C25H25N3O2/c1-28(2)16-17-8-12-19(13-9-17)26-24(18-10-14-20(30-3)15-11-18)23-21-6-4-5-7-22(21)27-25(23)29/h4-15,23H,16H2,1-3H3,(H,27,29). The van der Waals surface area contributed by atoms with E-state index in [4.69, 9.17) is 9.73 Å². The highest BCUT2D eigenvalue weighted by Crippen LogP contribution is 2.36. The number of amides is 1. The predicted molar refractivity (Wildman–Crippen MR) is 121 cm³/mol. The van der Waals surface area contributed by atoms with E-state index < -0.39 is 5.92 Å². The van der Waals surface area contributed by atoms with Crippen LogP contribution < -0.4 is 10.1 Å². The average molecular weight is 399 g/mol. The fourth-order valence-electron chi connectivity index (χ4n) is 3.72. The number of anilines is 1. The van der Waals surface area contributed by atoms with Crippen LogP contribution in [0.4, 0.5) is 11.4 Å². The largest absolute Gasteiger partial charge is 0.497 e. The van der Waals surface area contributed by atoms with Gasteiger partial charge >= 0.3 is 0 Å². The smallest absolute Gasteiger partial charge is 0.238 e. The number of ether oxygens (including phenoxy) is 1. The summed E-state index contributed by atoms with van der Waals surface area (Å²) in [6, 6.07) is 23.6. The Balaban J connectivity index is 1.78. The lowest BCUT2D eigenvalue weighted by molar-refractivity contribution is -0.115. The van der Waals surface area contributed by atoms with Crippen LogP contribution >= 0.6 is 0 Å². The fourth-order valence-corrected chi connectivity index (χ4v) is 3.72. The highest BCUT2D eigenvalue weighted by molar-refractivity contribution is 6.24. The zero-order chi connectivity index (χ0) is 21.1. The van der Waals surface area contributed by atoms with E-state index >= 15 is 0 Å². The topological polar surface area (TPSA) is 53.9 Å². The molecule has 3 aromatic rings. The normalized spacial score (nSPS) is 15.8. The number of nitrogens with zero attached hydrogens (tertiary/aromatic N) is 2. The van der Waals surface area contributed by atoms with Crippen molar-refractivity contribution >= 4 is 23.0 Å². The number of para-hydroxylation sites is 1. The molecule has 30 heavy (non-hydrogen) atoms. The van der Waals surface area contributed by atoms with Gasteiger partial charge in [-0.15, -0.1) is 0 Å². The van der Waals surface area contributed by atoms with Crippen molar-refractivity contribution < 1.29 is 9.53 Å². The molecular weight excluding hydrogens is 374 g/mol. The Morgan fingerprint density at radius 2 is 1.70 bits per heavy atom. The van der Waals surface area contributed by atoms with E-state index in [0.717, 1.165) is 40.5 Å². The van der Waals surface area contributed by atoms with E-state index in [9.17, 15) is 4.79 Å². The molecule has 0 bridgehead atoms. The van der Waals surface area contributed by atoms with Crippen molar-refractivity contribution in [2.75, 3.05) is 26.5 Å². The number of hydrogen-bond donors (Lipinski definition) is 1. The summed E-state index contributed by atoms with van der Waals surface area (Å²) in [7, 11) is 5.73. The van der Waals surface area contributed by atoms with Crippen LogP contribution in [0.2, 0.25) is 0 Å². The van der Waals surface area contributed by atoms with E-state index in [1.165, 1.54) is 5.56 Å². The molecule has 0 saturated heterocycles. The molecule has 3 aromatic carbocycles. The van der Waals surface area contributed by atoms with Gasteiger partial charge in [-0.1, -0.05) is 30.3 Å². The third-order valence-corrected chi connectivity index (χ3v) is 5.14. The van der Waals surface area contributed by atoms with Crippen LogP contribution in [0.1, 0.15) is 22.6 Å². The van der Waals surface area contributed by atoms with Crippen LogP contribution in [0.5, 0.6) is 5.75 Å². The molecule has 1 aliphatic heterocycles. The van der Waals surface area contributed by atoms with Gasteiger partial charge in [0.05, 0.1) is 18.5 Å². The zero-order valence-corrected chi connectivity index (χ0v) is 17.4. The number of nitrogens with one attached hydrogen (secondary N) is 1. The monoisotopic (exact) mass is 399 g/mol. The van der Waals surface area contributed by atoms with Gasteiger partial charge in [-0.2, -0.15) is 0 Å². The average Bonchev–Trinajstić information content (AvgIpc) is 3.08. The molecule has 0 aromatic heterocycles. The summed E-state index contributed by atoms with van der Waals surface area (Å²) in [4.78, 5) is 20.0. The summed E-state index contributed by atoms with van der Waals surface area (Å²) in [5, 5.41) is 2.99. The summed E-state index contributed by atoms with van der Waals surface area (Å²) in [5.41, 5.74) is 5.44. The molecule has 4 rings (SSSR count). The maximum absolute atomic E-state index is 12.9. The fraction of sp³-hybridized carbons (Fsp3) is 0.200. The van der Waals surface area contributed by atoms with E-state index in [1.54, 1.807) is 7.11 Å². The number of hydrogen-bond acceptors (Lipinski definition) is 4. The molecule has 0 saturated carbocycles. The summed E-state index contributed by atoms with van der Waals surface area (Å²) < 4.78 is 5.29. The number of rotatable bonds is 6. The third-order valence-electron chi connectivity index (χ3n) is 5.14. The Labute approximate surface area is 177 Å². The van der Waals surface area contributed by atoms with Gasteiger partial charge in [0.1, 0.15) is 11.7 Å². The first kappa shape index (κ1) is 19.9. The van der Waals surface area contributed by atoms with Crippen LogP contribution in [-0.4, -0.2) is 37.7 Å². The second kappa shape index (κ2) is 8.51. The quantitative estimate of drug-likeness (QED) is 0.616. The Morgan fingerprint density at radius 3 is 2.37 bits per heavy atom. The van der Waals surface area contributed by atoms with Gasteiger partial charge in [0.2, 0.25) is 5.91 Å². The van der Waals surface area contributed by atoms with Crippen LogP contribution in [0.25, 0.3) is 0 Å². The number of fused-ring (bicyclic) bond motifs is 1. The lowest BCUT2D eigenvalue weighted by Gasteiger charge is -2.15. The lowest BCUT2D eigenvalue weighted by Crippen LogP contribution is -2.22. The summed E-state index contributed by atoms with van der Waals surface area (Å²) in [6.07, 6.45) is 0. The lowest BCUT2D eigenvalue weighted by atomic mass is 9.90. The number of carbonyl (C=O) groups is 1. The number of carbonyl (C=O) groups excluding carboxylic acids is 1. The van der Waals surface area contributed by atoms with Gasteiger partial charge in [-0.3, -0.25) is 9.79 Å². The molecule has 1 amide bonds. The first-order chi connectivity index (χ1) is 14.5. The number of methoxy groups -OCH3 is 1. The minimum atomic E-state index is -0.462. The van der Waals surface area contributed by atoms with Crippen molar-refractivity contribution in [2.24, 2.45) is 4.99 Å². The molecule has 1 atom stereocenters. The summed E-state index contributed by atoms with van der Waals surface area (Å²) >= 11 is 0. The van der Waals surface area contributed by atoms with Crippen molar-refractivity contribution in [1.82, 2.24) is 4.90 Å². The van der Waals surface area contributed by atoms with E-state index in [1.807, 2.05) is 74.8 Å². The molecule has 5 heteroatoms. The first-order valence-electron chi connectivity index (χ1n) is 9.91. The SMILES string of the molecule is COc1ccc(C(=Nc2ccc(CN(C)C)cc2)C2C(=O)Nc3ccccc32)cc1. The highest BCUT2D eigenvalue weighted by atomic mass is 16.5. The van der Waals surface area contributed by atoms with Crippen molar-refractivity contribution in [3.63, 3.8) is 0 Å². The van der Waals surface area contributed by atoms with Gasteiger partial charge < -0.3 is 15.0 Å². The number of aliphatic imine (C=N–C) groups is 1. The Kier molecular flexibility index (Phi) is 5.63. The molecule has 1 aliphatic rings. The minimum absolute atomic E-state index is 0.0602. The molecule has 0 aliphatic carbocycles. The second-order valence-electron chi connectivity index (χ2n) is 7.64. The highest BCUT2D eigenvalue weighted by Gasteiger charge is 2.35. The first-order valence-corrected chi connectivity index (χ1v) is 9.91. The van der Waals surface area contributed by atoms with E-state index in [0.29, 0.717) is 0 Å². The third kappa shape index (κ3) is 4.11. The van der Waals surface area contributed by atoms with Crippen molar-refractivity contribution in [3.05, 3.63) is 89.5 Å². The van der Waals surface area contributed by atoms with Crippen molar-refractivity contribution in [2.45, 2.75) is 12.5 Å². The number of benzene rings is 3.